The fourth-order valence-electron chi connectivity index (χ4n) is 1.38. The summed E-state index contributed by atoms with van der Waals surface area (Å²) in [5.41, 5.74) is -1.50. The quantitative estimate of drug-likeness (QED) is 0.737. The van der Waals surface area contributed by atoms with Crippen LogP contribution in [0.4, 0.5) is 13.2 Å². The number of esters is 1. The molecule has 0 N–H and O–H groups in total. The minimum atomic E-state index is -5.14. The number of hydrogen-bond donors (Lipinski definition) is 0. The van der Waals surface area contributed by atoms with Gasteiger partial charge in [-0.2, -0.15) is 0 Å². The molecule has 7 heteroatoms. The lowest BCUT2D eigenvalue weighted by Gasteiger charge is -2.06. The maximum Gasteiger partial charge on any atom is 0.575 e. The molecular weight excluding hydrogens is 253 g/mol. The van der Waals surface area contributed by atoms with Gasteiger partial charge in [0.1, 0.15) is 17.4 Å². The van der Waals surface area contributed by atoms with Crippen molar-refractivity contribution in [2.75, 3.05) is 0 Å². The molecule has 0 saturated carbocycles. The Morgan fingerprint density at radius 2 is 1.89 bits per heavy atom. The van der Waals surface area contributed by atoms with E-state index in [-0.39, 0.29) is 11.0 Å². The lowest BCUT2D eigenvalue weighted by atomic mass is 10.2. The first-order valence-electron chi connectivity index (χ1n) is 4.69. The van der Waals surface area contributed by atoms with Gasteiger partial charge < -0.3 is 9.15 Å². The molecule has 0 spiro atoms. The monoisotopic (exact) mass is 258 g/mol. The van der Waals surface area contributed by atoms with Crippen LogP contribution in [0.2, 0.25) is 0 Å². The van der Waals surface area contributed by atoms with Gasteiger partial charge in [-0.1, -0.05) is 12.1 Å². The number of fused-ring (bicyclic) bond motifs is 1. The fraction of sp³-hybridized carbons (Fsp3) is 0.0909. The van der Waals surface area contributed by atoms with Crippen molar-refractivity contribution in [2.45, 2.75) is 6.36 Å². The van der Waals surface area contributed by atoms with Gasteiger partial charge in [0, 0.05) is 0 Å². The number of carbonyl (C=O) groups is 1. The van der Waals surface area contributed by atoms with Crippen molar-refractivity contribution < 1.29 is 27.1 Å². The van der Waals surface area contributed by atoms with Crippen molar-refractivity contribution in [3.8, 4) is 0 Å². The van der Waals surface area contributed by atoms with Gasteiger partial charge in [0.2, 0.25) is 5.43 Å². The minimum absolute atomic E-state index is 0.00845. The number of para-hydroxylation sites is 1. The standard InChI is InChI=1S/C11H5F3O4/c12-11(13,14)18-10(16)7-5-17-8-4-2-1-3-6(8)9(7)15/h1-5H. The zero-order chi connectivity index (χ0) is 13.3. The maximum absolute atomic E-state index is 11.9. The van der Waals surface area contributed by atoms with Crippen molar-refractivity contribution in [3.05, 3.63) is 46.3 Å². The van der Waals surface area contributed by atoms with Crippen molar-refractivity contribution >= 4 is 16.9 Å². The Hall–Kier alpha value is -2.31. The second-order valence-electron chi connectivity index (χ2n) is 3.31. The summed E-state index contributed by atoms with van der Waals surface area (Å²) in [5.74, 6) is -1.79. The van der Waals surface area contributed by atoms with Gasteiger partial charge in [0.15, 0.2) is 0 Å². The number of benzene rings is 1. The number of hydrogen-bond acceptors (Lipinski definition) is 4. The summed E-state index contributed by atoms with van der Waals surface area (Å²) in [6.07, 6.45) is -4.49. The van der Waals surface area contributed by atoms with Crippen LogP contribution in [0.5, 0.6) is 0 Å². The van der Waals surface area contributed by atoms with Crippen LogP contribution < -0.4 is 5.43 Å². The third-order valence-corrected chi connectivity index (χ3v) is 2.11. The first-order valence-corrected chi connectivity index (χ1v) is 4.69. The van der Waals surface area contributed by atoms with Crippen LogP contribution in [0.1, 0.15) is 10.4 Å². The first kappa shape index (κ1) is 12.2. The van der Waals surface area contributed by atoms with Gasteiger partial charge in [-0.05, 0) is 12.1 Å². The van der Waals surface area contributed by atoms with E-state index >= 15 is 0 Å². The van der Waals surface area contributed by atoms with Crippen LogP contribution in [0.15, 0.2) is 39.7 Å². The average Bonchev–Trinajstić information content (AvgIpc) is 2.27. The highest BCUT2D eigenvalue weighted by Gasteiger charge is 2.35. The largest absolute Gasteiger partial charge is 0.575 e. The van der Waals surface area contributed by atoms with E-state index < -0.39 is 23.3 Å². The number of halogens is 3. The molecule has 4 nitrogen and oxygen atoms in total. The number of ether oxygens (including phenoxy) is 1. The van der Waals surface area contributed by atoms with E-state index in [1.54, 1.807) is 6.07 Å². The average molecular weight is 258 g/mol. The van der Waals surface area contributed by atoms with E-state index in [0.29, 0.717) is 6.26 Å². The topological polar surface area (TPSA) is 56.5 Å². The van der Waals surface area contributed by atoms with Crippen LogP contribution in [-0.4, -0.2) is 12.3 Å². The molecule has 1 aromatic heterocycles. The van der Waals surface area contributed by atoms with E-state index in [1.165, 1.54) is 18.2 Å². The second-order valence-corrected chi connectivity index (χ2v) is 3.31. The molecule has 18 heavy (non-hydrogen) atoms. The zero-order valence-electron chi connectivity index (χ0n) is 8.65. The summed E-state index contributed by atoms with van der Waals surface area (Å²) in [6.45, 7) is 0. The third-order valence-electron chi connectivity index (χ3n) is 2.11. The SMILES string of the molecule is O=C(OC(F)(F)F)c1coc2ccccc2c1=O. The molecule has 0 amide bonds. The van der Waals surface area contributed by atoms with Crippen LogP contribution in [-0.2, 0) is 4.74 Å². The van der Waals surface area contributed by atoms with Crippen LogP contribution in [0.25, 0.3) is 11.0 Å². The Morgan fingerprint density at radius 3 is 2.56 bits per heavy atom. The summed E-state index contributed by atoms with van der Waals surface area (Å²) in [6, 6.07) is 5.87. The van der Waals surface area contributed by atoms with Crippen LogP contribution >= 0.6 is 0 Å². The molecule has 2 rings (SSSR count). The Labute approximate surface area is 97.6 Å². The van der Waals surface area contributed by atoms with E-state index in [2.05, 4.69) is 4.74 Å². The molecule has 94 valence electrons. The number of alkyl halides is 3. The summed E-state index contributed by atoms with van der Waals surface area (Å²) < 4.78 is 43.6. The van der Waals surface area contributed by atoms with Gasteiger partial charge in [-0.15, -0.1) is 13.2 Å². The van der Waals surface area contributed by atoms with E-state index in [9.17, 15) is 22.8 Å². The lowest BCUT2D eigenvalue weighted by molar-refractivity contribution is -0.291. The summed E-state index contributed by atoms with van der Waals surface area (Å²) in [4.78, 5) is 22.9. The molecule has 0 unspecified atom stereocenters. The normalized spacial score (nSPS) is 11.5. The molecule has 2 aromatic rings. The molecule has 0 bridgehead atoms. The molecule has 1 aromatic carbocycles. The molecule has 0 radical (unpaired) electrons. The molecule has 0 aliphatic carbocycles. The zero-order valence-corrected chi connectivity index (χ0v) is 8.65. The molecule has 0 aliphatic heterocycles. The fourth-order valence-corrected chi connectivity index (χ4v) is 1.38. The number of carbonyl (C=O) groups excluding carboxylic acids is 1. The van der Waals surface area contributed by atoms with Crippen molar-refractivity contribution in [3.63, 3.8) is 0 Å². The smallest absolute Gasteiger partial charge is 0.463 e. The number of rotatable bonds is 1. The van der Waals surface area contributed by atoms with Gasteiger partial charge >= 0.3 is 12.3 Å². The Bertz CT molecular complexity index is 657. The molecule has 0 saturated heterocycles. The van der Waals surface area contributed by atoms with E-state index in [1.807, 2.05) is 0 Å². The van der Waals surface area contributed by atoms with Gasteiger partial charge in [0.25, 0.3) is 0 Å². The second kappa shape index (κ2) is 4.17. The van der Waals surface area contributed by atoms with Gasteiger partial charge in [0.05, 0.1) is 5.39 Å². The van der Waals surface area contributed by atoms with E-state index in [0.717, 1.165) is 0 Å². The highest BCUT2D eigenvalue weighted by atomic mass is 19.4. The van der Waals surface area contributed by atoms with E-state index in [4.69, 9.17) is 4.42 Å². The minimum Gasteiger partial charge on any atom is -0.463 e. The highest BCUT2D eigenvalue weighted by molar-refractivity contribution is 5.92. The van der Waals surface area contributed by atoms with Crippen LogP contribution in [0.3, 0.4) is 0 Å². The van der Waals surface area contributed by atoms with Crippen LogP contribution in [0, 0.1) is 0 Å². The summed E-state index contributed by atoms with van der Waals surface area (Å²) in [5, 5.41) is 0.00845. The molecule has 0 fully saturated rings. The van der Waals surface area contributed by atoms with Crippen molar-refractivity contribution in [1.29, 1.82) is 0 Å². The Balaban J connectivity index is 2.50. The predicted octanol–water partition coefficient (Wildman–Crippen LogP) is 2.47. The third kappa shape index (κ3) is 2.34. The Morgan fingerprint density at radius 1 is 1.22 bits per heavy atom. The highest BCUT2D eigenvalue weighted by Crippen LogP contribution is 2.19. The van der Waals surface area contributed by atoms with Crippen molar-refractivity contribution in [2.24, 2.45) is 0 Å². The van der Waals surface area contributed by atoms with Gasteiger partial charge in [-0.25, -0.2) is 4.79 Å². The maximum atomic E-state index is 11.9. The summed E-state index contributed by atoms with van der Waals surface area (Å²) >= 11 is 0. The Kier molecular flexibility index (Phi) is 2.82. The molecule has 1 heterocycles. The van der Waals surface area contributed by atoms with Crippen molar-refractivity contribution in [1.82, 2.24) is 0 Å². The first-order chi connectivity index (χ1) is 8.38. The predicted molar refractivity (Wildman–Crippen MR) is 54.0 cm³/mol. The lowest BCUT2D eigenvalue weighted by Crippen LogP contribution is -2.24. The molecular formula is C11H5F3O4. The molecule has 0 atom stereocenters. The van der Waals surface area contributed by atoms with Gasteiger partial charge in [-0.3, -0.25) is 4.79 Å². The molecule has 0 aliphatic rings. The summed E-state index contributed by atoms with van der Waals surface area (Å²) in [7, 11) is 0.